The van der Waals surface area contributed by atoms with Crippen molar-refractivity contribution < 1.29 is 9.90 Å². The van der Waals surface area contributed by atoms with Crippen molar-refractivity contribution >= 4 is 16.8 Å². The fourth-order valence-electron chi connectivity index (χ4n) is 3.60. The lowest BCUT2D eigenvalue weighted by Gasteiger charge is -2.42. The number of aliphatic hydroxyl groups is 1. The van der Waals surface area contributed by atoms with Crippen LogP contribution in [0.15, 0.2) is 30.5 Å². The van der Waals surface area contributed by atoms with Gasteiger partial charge in [0.1, 0.15) is 0 Å². The van der Waals surface area contributed by atoms with Gasteiger partial charge in [0.15, 0.2) is 0 Å². The molecular formula is C18H24N2O2. The van der Waals surface area contributed by atoms with Gasteiger partial charge in [0, 0.05) is 23.5 Å². The van der Waals surface area contributed by atoms with Crippen molar-refractivity contribution in [3.8, 4) is 0 Å². The highest BCUT2D eigenvalue weighted by Crippen LogP contribution is 2.37. The van der Waals surface area contributed by atoms with Crippen molar-refractivity contribution in [1.29, 1.82) is 0 Å². The van der Waals surface area contributed by atoms with Crippen molar-refractivity contribution in [2.45, 2.75) is 45.2 Å². The van der Waals surface area contributed by atoms with Crippen LogP contribution in [0.3, 0.4) is 0 Å². The van der Waals surface area contributed by atoms with Crippen LogP contribution in [0.25, 0.3) is 10.9 Å². The number of nitrogens with zero attached hydrogens (tertiary/aromatic N) is 1. The molecule has 0 unspecified atom stereocenters. The van der Waals surface area contributed by atoms with Gasteiger partial charge in [0.25, 0.3) is 0 Å². The molecule has 1 aromatic carbocycles. The van der Waals surface area contributed by atoms with Gasteiger partial charge in [0.2, 0.25) is 5.91 Å². The molecule has 0 aliphatic carbocycles. The van der Waals surface area contributed by atoms with Crippen LogP contribution in [0.1, 0.15) is 44.7 Å². The minimum atomic E-state index is -0.119. The Labute approximate surface area is 131 Å². The van der Waals surface area contributed by atoms with Crippen LogP contribution in [0, 0.1) is 5.92 Å². The number of carbonyl (C=O) groups is 1. The molecule has 2 N–H and O–H groups in total. The average molecular weight is 300 g/mol. The third kappa shape index (κ3) is 2.52. The molecule has 118 valence electrons. The zero-order valence-corrected chi connectivity index (χ0v) is 13.2. The van der Waals surface area contributed by atoms with Crippen LogP contribution in [0.4, 0.5) is 0 Å². The first-order valence-corrected chi connectivity index (χ1v) is 8.11. The molecule has 0 saturated carbocycles. The molecule has 4 heteroatoms. The molecule has 2 aromatic rings. The number of aromatic nitrogens is 1. The highest BCUT2D eigenvalue weighted by Gasteiger charge is 2.36. The van der Waals surface area contributed by atoms with Gasteiger partial charge in [-0.3, -0.25) is 4.79 Å². The molecule has 0 bridgehead atoms. The van der Waals surface area contributed by atoms with Crippen LogP contribution in [-0.4, -0.2) is 33.5 Å². The molecular weight excluding hydrogens is 276 g/mol. The smallest absolute Gasteiger partial charge is 0.223 e. The molecule has 1 aliphatic rings. The van der Waals surface area contributed by atoms with Crippen molar-refractivity contribution in [2.75, 3.05) is 6.61 Å². The van der Waals surface area contributed by atoms with Gasteiger partial charge in [-0.25, -0.2) is 0 Å². The van der Waals surface area contributed by atoms with E-state index in [0.29, 0.717) is 6.42 Å². The summed E-state index contributed by atoms with van der Waals surface area (Å²) >= 11 is 0. The standard InChI is InChI=1S/C18H24N2O2/c1-12(2)17(11-21)20-16(8-5-9-18(20)22)14-10-19-15-7-4-3-6-13(14)15/h3-4,6-7,10,12,16-17,19,21H,5,8-9,11H2,1-2H3/t16-,17-/m1/s1. The lowest BCUT2D eigenvalue weighted by Crippen LogP contribution is -2.49. The van der Waals surface area contributed by atoms with E-state index in [4.69, 9.17) is 0 Å². The van der Waals surface area contributed by atoms with Crippen molar-refractivity contribution in [1.82, 2.24) is 9.88 Å². The number of carbonyl (C=O) groups excluding carboxylic acids is 1. The first kappa shape index (κ1) is 15.1. The Morgan fingerprint density at radius 2 is 2.14 bits per heavy atom. The SMILES string of the molecule is CC(C)[C@@H](CO)N1C(=O)CCC[C@@H]1c1c[nH]c2ccccc12. The molecule has 1 amide bonds. The molecule has 1 saturated heterocycles. The maximum Gasteiger partial charge on any atom is 0.223 e. The predicted molar refractivity (Wildman–Crippen MR) is 87.4 cm³/mol. The number of H-pyrrole nitrogens is 1. The minimum absolute atomic E-state index is 0.0161. The van der Waals surface area contributed by atoms with Crippen LogP contribution in [0.2, 0.25) is 0 Å². The second-order valence-corrected chi connectivity index (χ2v) is 6.49. The van der Waals surface area contributed by atoms with Gasteiger partial charge in [-0.15, -0.1) is 0 Å². The van der Waals surface area contributed by atoms with Crippen LogP contribution in [0.5, 0.6) is 0 Å². The van der Waals surface area contributed by atoms with E-state index in [-0.39, 0.29) is 30.5 Å². The topological polar surface area (TPSA) is 56.3 Å². The first-order chi connectivity index (χ1) is 10.6. The number of aromatic amines is 1. The van der Waals surface area contributed by atoms with E-state index >= 15 is 0 Å². The molecule has 1 fully saturated rings. The molecule has 1 aromatic heterocycles. The largest absolute Gasteiger partial charge is 0.394 e. The Morgan fingerprint density at radius 1 is 1.36 bits per heavy atom. The van der Waals surface area contributed by atoms with Gasteiger partial charge >= 0.3 is 0 Å². The second-order valence-electron chi connectivity index (χ2n) is 6.49. The summed E-state index contributed by atoms with van der Waals surface area (Å²) in [4.78, 5) is 17.8. The quantitative estimate of drug-likeness (QED) is 0.910. The van der Waals surface area contributed by atoms with E-state index in [9.17, 15) is 9.90 Å². The summed E-state index contributed by atoms with van der Waals surface area (Å²) in [5, 5.41) is 11.0. The Kier molecular flexibility index (Phi) is 4.21. The Morgan fingerprint density at radius 3 is 2.86 bits per heavy atom. The number of benzene rings is 1. The number of nitrogens with one attached hydrogen (secondary N) is 1. The van der Waals surface area contributed by atoms with Gasteiger partial charge in [-0.1, -0.05) is 32.0 Å². The molecule has 4 nitrogen and oxygen atoms in total. The summed E-state index contributed by atoms with van der Waals surface area (Å²) in [5.74, 6) is 0.397. The second kappa shape index (κ2) is 6.13. The van der Waals surface area contributed by atoms with Gasteiger partial charge < -0.3 is 15.0 Å². The molecule has 22 heavy (non-hydrogen) atoms. The van der Waals surface area contributed by atoms with Crippen LogP contribution in [-0.2, 0) is 4.79 Å². The number of fused-ring (bicyclic) bond motifs is 1. The summed E-state index contributed by atoms with van der Waals surface area (Å²) < 4.78 is 0. The number of rotatable bonds is 4. The molecule has 2 heterocycles. The van der Waals surface area contributed by atoms with Gasteiger partial charge in [-0.05, 0) is 30.4 Å². The van der Waals surface area contributed by atoms with Crippen LogP contribution < -0.4 is 0 Å². The fraction of sp³-hybridized carbons (Fsp3) is 0.500. The zero-order chi connectivity index (χ0) is 15.7. The summed E-state index contributed by atoms with van der Waals surface area (Å²) in [6, 6.07) is 8.13. The summed E-state index contributed by atoms with van der Waals surface area (Å²) in [7, 11) is 0. The minimum Gasteiger partial charge on any atom is -0.394 e. The number of para-hydroxylation sites is 1. The van der Waals surface area contributed by atoms with E-state index in [1.54, 1.807) is 0 Å². The van der Waals surface area contributed by atoms with Crippen LogP contribution >= 0.6 is 0 Å². The number of hydrogen-bond acceptors (Lipinski definition) is 2. The maximum absolute atomic E-state index is 12.5. The lowest BCUT2D eigenvalue weighted by molar-refractivity contribution is -0.142. The van der Waals surface area contributed by atoms with E-state index in [1.165, 1.54) is 10.9 Å². The molecule has 2 atom stereocenters. The van der Waals surface area contributed by atoms with Crippen molar-refractivity contribution in [2.24, 2.45) is 5.92 Å². The summed E-state index contributed by atoms with van der Waals surface area (Å²) in [6.07, 6.45) is 4.48. The van der Waals surface area contributed by atoms with E-state index < -0.39 is 0 Å². The lowest BCUT2D eigenvalue weighted by atomic mass is 9.90. The van der Waals surface area contributed by atoms with E-state index in [0.717, 1.165) is 18.4 Å². The Bertz CT molecular complexity index is 662. The summed E-state index contributed by atoms with van der Waals surface area (Å²) in [5.41, 5.74) is 2.27. The highest BCUT2D eigenvalue weighted by molar-refractivity contribution is 5.85. The number of amides is 1. The number of aliphatic hydroxyl groups excluding tert-OH is 1. The van der Waals surface area contributed by atoms with Gasteiger partial charge in [0.05, 0.1) is 18.7 Å². The highest BCUT2D eigenvalue weighted by atomic mass is 16.3. The molecule has 0 spiro atoms. The van der Waals surface area contributed by atoms with E-state index in [1.807, 2.05) is 23.2 Å². The number of piperidine rings is 1. The normalized spacial score (nSPS) is 20.8. The fourth-order valence-corrected chi connectivity index (χ4v) is 3.60. The molecule has 3 rings (SSSR count). The first-order valence-electron chi connectivity index (χ1n) is 8.11. The zero-order valence-electron chi connectivity index (χ0n) is 13.2. The Balaban J connectivity index is 2.04. The molecule has 1 aliphatic heterocycles. The van der Waals surface area contributed by atoms with Gasteiger partial charge in [-0.2, -0.15) is 0 Å². The average Bonchev–Trinajstić information content (AvgIpc) is 2.93. The Hall–Kier alpha value is -1.81. The molecule has 0 radical (unpaired) electrons. The monoisotopic (exact) mass is 300 g/mol. The van der Waals surface area contributed by atoms with E-state index in [2.05, 4.69) is 31.0 Å². The predicted octanol–water partition coefficient (Wildman–Crippen LogP) is 3.24. The number of likely N-dealkylation sites (tertiary alicyclic amines) is 1. The van der Waals surface area contributed by atoms with Crippen molar-refractivity contribution in [3.05, 3.63) is 36.0 Å². The summed E-state index contributed by atoms with van der Waals surface area (Å²) in [6.45, 7) is 4.15. The van der Waals surface area contributed by atoms with Crippen molar-refractivity contribution in [3.63, 3.8) is 0 Å². The third-order valence-corrected chi connectivity index (χ3v) is 4.79. The number of hydrogen-bond donors (Lipinski definition) is 2. The third-order valence-electron chi connectivity index (χ3n) is 4.79. The maximum atomic E-state index is 12.5.